The Kier molecular flexibility index (Phi) is 5.02. The van der Waals surface area contributed by atoms with Gasteiger partial charge < -0.3 is 14.5 Å². The number of hydrogen-bond donors (Lipinski definition) is 1. The molecule has 0 aliphatic carbocycles. The van der Waals surface area contributed by atoms with Gasteiger partial charge in [-0.25, -0.2) is 4.98 Å². The molecule has 0 unspecified atom stereocenters. The summed E-state index contributed by atoms with van der Waals surface area (Å²) in [6.07, 6.45) is 0. The number of benzene rings is 4. The average Bonchev–Trinajstić information content (AvgIpc) is 3.21. The molecule has 0 spiro atoms. The van der Waals surface area contributed by atoms with Crippen molar-refractivity contribution in [1.29, 1.82) is 0 Å². The van der Waals surface area contributed by atoms with Gasteiger partial charge in [-0.15, -0.1) is 0 Å². The first kappa shape index (κ1) is 19.2. The summed E-state index contributed by atoms with van der Waals surface area (Å²) in [7, 11) is 0. The van der Waals surface area contributed by atoms with Gasteiger partial charge in [0.15, 0.2) is 12.2 Å². The zero-order chi connectivity index (χ0) is 21.2. The number of amides is 1. The predicted molar refractivity (Wildman–Crippen MR) is 123 cm³/mol. The van der Waals surface area contributed by atoms with Crippen LogP contribution in [-0.2, 0) is 4.79 Å². The highest BCUT2D eigenvalue weighted by Crippen LogP contribution is 2.28. The molecule has 5 nitrogen and oxygen atoms in total. The standard InChI is InChI=1S/C25H17ClN2O3/c26-19-7-3-6-18(12-19)25-28-22-14-20(9-11-23(22)31-25)27-24(29)15-30-21-10-8-16-4-1-2-5-17(16)13-21/h1-14H,15H2,(H,27,29). The van der Waals surface area contributed by atoms with Crippen LogP contribution >= 0.6 is 11.6 Å². The van der Waals surface area contributed by atoms with E-state index >= 15 is 0 Å². The lowest BCUT2D eigenvalue weighted by Crippen LogP contribution is -2.20. The van der Waals surface area contributed by atoms with Crippen molar-refractivity contribution in [3.63, 3.8) is 0 Å². The van der Waals surface area contributed by atoms with Gasteiger partial charge in [-0.2, -0.15) is 0 Å². The molecule has 1 heterocycles. The van der Waals surface area contributed by atoms with Crippen molar-refractivity contribution in [3.05, 3.63) is 90.0 Å². The van der Waals surface area contributed by atoms with Crippen molar-refractivity contribution in [2.45, 2.75) is 0 Å². The van der Waals surface area contributed by atoms with E-state index < -0.39 is 0 Å². The minimum Gasteiger partial charge on any atom is -0.484 e. The molecule has 0 bridgehead atoms. The maximum Gasteiger partial charge on any atom is 0.262 e. The lowest BCUT2D eigenvalue weighted by atomic mass is 10.1. The molecule has 6 heteroatoms. The summed E-state index contributed by atoms with van der Waals surface area (Å²) in [6.45, 7) is -0.0943. The summed E-state index contributed by atoms with van der Waals surface area (Å²) in [6, 6.07) is 26.3. The van der Waals surface area contributed by atoms with E-state index in [9.17, 15) is 4.79 Å². The van der Waals surface area contributed by atoms with Crippen LogP contribution in [0.3, 0.4) is 0 Å². The zero-order valence-corrected chi connectivity index (χ0v) is 17.1. The fraction of sp³-hybridized carbons (Fsp3) is 0.0400. The van der Waals surface area contributed by atoms with Crippen LogP contribution in [0.2, 0.25) is 5.02 Å². The summed E-state index contributed by atoms with van der Waals surface area (Å²) < 4.78 is 11.5. The molecular formula is C25H17ClN2O3. The molecule has 0 aliphatic heterocycles. The van der Waals surface area contributed by atoms with E-state index in [0.29, 0.717) is 33.4 Å². The molecule has 1 amide bonds. The molecule has 4 aromatic carbocycles. The number of halogens is 1. The first-order valence-corrected chi connectivity index (χ1v) is 10.1. The molecule has 0 aliphatic rings. The lowest BCUT2D eigenvalue weighted by molar-refractivity contribution is -0.118. The SMILES string of the molecule is O=C(COc1ccc2ccccc2c1)Nc1ccc2oc(-c3cccc(Cl)c3)nc2c1. The number of nitrogens with zero attached hydrogens (tertiary/aromatic N) is 1. The molecule has 0 saturated heterocycles. The topological polar surface area (TPSA) is 64.4 Å². The summed E-state index contributed by atoms with van der Waals surface area (Å²) in [4.78, 5) is 16.9. The molecule has 1 aromatic heterocycles. The number of anilines is 1. The second-order valence-corrected chi connectivity index (χ2v) is 7.49. The van der Waals surface area contributed by atoms with Crippen molar-refractivity contribution in [2.75, 3.05) is 11.9 Å². The summed E-state index contributed by atoms with van der Waals surface area (Å²) >= 11 is 6.05. The maximum atomic E-state index is 12.4. The third kappa shape index (κ3) is 4.22. The first-order chi connectivity index (χ1) is 15.1. The molecule has 1 N–H and O–H groups in total. The quantitative estimate of drug-likeness (QED) is 0.356. The Morgan fingerprint density at radius 1 is 0.935 bits per heavy atom. The second kappa shape index (κ2) is 8.13. The highest BCUT2D eigenvalue weighted by molar-refractivity contribution is 6.30. The van der Waals surface area contributed by atoms with E-state index in [0.717, 1.165) is 16.3 Å². The number of carbonyl (C=O) groups is 1. The second-order valence-electron chi connectivity index (χ2n) is 7.06. The lowest BCUT2D eigenvalue weighted by Gasteiger charge is -2.08. The Bertz CT molecular complexity index is 1410. The molecule has 5 rings (SSSR count). The number of rotatable bonds is 5. The van der Waals surface area contributed by atoms with E-state index in [4.69, 9.17) is 20.8 Å². The largest absolute Gasteiger partial charge is 0.484 e. The Labute approximate surface area is 183 Å². The number of nitrogens with one attached hydrogen (secondary N) is 1. The number of hydrogen-bond acceptors (Lipinski definition) is 4. The molecule has 5 aromatic rings. The van der Waals surface area contributed by atoms with Crippen LogP contribution in [0.25, 0.3) is 33.3 Å². The van der Waals surface area contributed by atoms with Gasteiger partial charge in [0.2, 0.25) is 5.89 Å². The van der Waals surface area contributed by atoms with E-state index in [1.165, 1.54) is 0 Å². The van der Waals surface area contributed by atoms with E-state index in [1.807, 2.05) is 54.6 Å². The smallest absolute Gasteiger partial charge is 0.262 e. The van der Waals surface area contributed by atoms with Gasteiger partial charge in [-0.1, -0.05) is 48.0 Å². The van der Waals surface area contributed by atoms with Crippen LogP contribution in [0, 0.1) is 0 Å². The minimum atomic E-state index is -0.258. The fourth-order valence-electron chi connectivity index (χ4n) is 3.35. The van der Waals surface area contributed by atoms with Gasteiger partial charge in [0, 0.05) is 16.3 Å². The van der Waals surface area contributed by atoms with E-state index in [-0.39, 0.29) is 12.5 Å². The average molecular weight is 429 g/mol. The molecule has 152 valence electrons. The van der Waals surface area contributed by atoms with Gasteiger partial charge in [0.05, 0.1) is 0 Å². The Balaban J connectivity index is 1.27. The number of aromatic nitrogens is 1. The van der Waals surface area contributed by atoms with Crippen molar-refractivity contribution >= 4 is 45.1 Å². The Morgan fingerprint density at radius 3 is 2.68 bits per heavy atom. The highest BCUT2D eigenvalue weighted by atomic mass is 35.5. The maximum absolute atomic E-state index is 12.4. The normalized spacial score (nSPS) is 11.0. The van der Waals surface area contributed by atoms with E-state index in [2.05, 4.69) is 10.3 Å². The van der Waals surface area contributed by atoms with Gasteiger partial charge in [0.25, 0.3) is 5.91 Å². The number of oxazole rings is 1. The zero-order valence-electron chi connectivity index (χ0n) is 16.3. The van der Waals surface area contributed by atoms with Crippen molar-refractivity contribution in [3.8, 4) is 17.2 Å². The third-order valence-corrected chi connectivity index (χ3v) is 5.07. The van der Waals surface area contributed by atoms with Gasteiger partial charge >= 0.3 is 0 Å². The highest BCUT2D eigenvalue weighted by Gasteiger charge is 2.11. The molecular weight excluding hydrogens is 412 g/mol. The van der Waals surface area contributed by atoms with Crippen LogP contribution in [0.1, 0.15) is 0 Å². The summed E-state index contributed by atoms with van der Waals surface area (Å²) in [5.74, 6) is 0.860. The number of carbonyl (C=O) groups excluding carboxylic acids is 1. The fourth-order valence-corrected chi connectivity index (χ4v) is 3.54. The van der Waals surface area contributed by atoms with Gasteiger partial charge in [-0.05, 0) is 59.3 Å². The molecule has 0 radical (unpaired) electrons. The van der Waals surface area contributed by atoms with Crippen molar-refractivity contribution < 1.29 is 13.9 Å². The van der Waals surface area contributed by atoms with Crippen molar-refractivity contribution in [1.82, 2.24) is 4.98 Å². The van der Waals surface area contributed by atoms with Crippen LogP contribution < -0.4 is 10.1 Å². The Morgan fingerprint density at radius 2 is 1.81 bits per heavy atom. The van der Waals surface area contributed by atoms with Crippen LogP contribution in [0.4, 0.5) is 5.69 Å². The van der Waals surface area contributed by atoms with Gasteiger partial charge in [0.1, 0.15) is 11.3 Å². The first-order valence-electron chi connectivity index (χ1n) is 9.72. The summed E-state index contributed by atoms with van der Waals surface area (Å²) in [5, 5.41) is 5.63. The minimum absolute atomic E-state index is 0.0943. The number of fused-ring (bicyclic) bond motifs is 2. The molecule has 0 saturated carbocycles. The molecule has 31 heavy (non-hydrogen) atoms. The summed E-state index contributed by atoms with van der Waals surface area (Å²) in [5.41, 5.74) is 2.67. The third-order valence-electron chi connectivity index (χ3n) is 4.83. The Hall–Kier alpha value is -3.83. The molecule has 0 atom stereocenters. The van der Waals surface area contributed by atoms with Crippen LogP contribution in [-0.4, -0.2) is 17.5 Å². The monoisotopic (exact) mass is 428 g/mol. The van der Waals surface area contributed by atoms with E-state index in [1.54, 1.807) is 30.3 Å². The van der Waals surface area contributed by atoms with Crippen LogP contribution in [0.5, 0.6) is 5.75 Å². The van der Waals surface area contributed by atoms with Crippen molar-refractivity contribution in [2.24, 2.45) is 0 Å². The van der Waals surface area contributed by atoms with Gasteiger partial charge in [-0.3, -0.25) is 4.79 Å². The predicted octanol–water partition coefficient (Wildman–Crippen LogP) is 6.32. The molecule has 0 fully saturated rings. The van der Waals surface area contributed by atoms with Crippen LogP contribution in [0.15, 0.2) is 89.3 Å². The number of ether oxygens (including phenoxy) is 1.